The molecule has 0 aliphatic carbocycles. The first-order valence-electron chi connectivity index (χ1n) is 14.1. The number of ether oxygens (including phenoxy) is 1. The zero-order valence-electron chi connectivity index (χ0n) is 23.4. The van der Waals surface area contributed by atoms with E-state index in [-0.39, 0.29) is 18.2 Å². The molecule has 1 aliphatic rings. The number of nitro groups is 1. The summed E-state index contributed by atoms with van der Waals surface area (Å²) >= 11 is 6.27. The average Bonchev–Trinajstić information content (AvgIpc) is 3.39. The number of amides is 1. The molecule has 2 aromatic heterocycles. The van der Waals surface area contributed by atoms with E-state index in [0.29, 0.717) is 44.4 Å². The molecule has 0 spiro atoms. The molecule has 5 aromatic rings. The highest BCUT2D eigenvalue weighted by atomic mass is 35.5. The number of imidazole rings is 1. The first-order valence-corrected chi connectivity index (χ1v) is 14.5. The zero-order valence-corrected chi connectivity index (χ0v) is 24.2. The molecule has 3 heterocycles. The Bertz CT molecular complexity index is 1750. The monoisotopic (exact) mass is 595 g/mol. The molecule has 218 valence electrons. The lowest BCUT2D eigenvalue weighted by molar-refractivity contribution is -0.384. The lowest BCUT2D eigenvalue weighted by atomic mass is 10.1. The average molecular weight is 596 g/mol. The summed E-state index contributed by atoms with van der Waals surface area (Å²) in [6.45, 7) is 3.66. The summed E-state index contributed by atoms with van der Waals surface area (Å²) < 4.78 is 7.76. The van der Waals surface area contributed by atoms with Crippen LogP contribution in [0.15, 0.2) is 97.2 Å². The van der Waals surface area contributed by atoms with E-state index < -0.39 is 4.92 Å². The van der Waals surface area contributed by atoms with Gasteiger partial charge in [0.25, 0.3) is 5.69 Å². The molecular weight excluding hydrogens is 566 g/mol. The molecule has 10 heteroatoms. The van der Waals surface area contributed by atoms with Gasteiger partial charge in [0.15, 0.2) is 0 Å². The lowest BCUT2D eigenvalue weighted by Crippen LogP contribution is -2.49. The normalized spacial score (nSPS) is 13.8. The van der Waals surface area contributed by atoms with Crippen LogP contribution in [0.25, 0.3) is 28.0 Å². The van der Waals surface area contributed by atoms with Gasteiger partial charge in [0.2, 0.25) is 5.91 Å². The van der Waals surface area contributed by atoms with E-state index in [4.69, 9.17) is 21.3 Å². The number of benzene rings is 3. The number of nitrogens with zero attached hydrogens (tertiary/aromatic N) is 5. The Balaban J connectivity index is 1.21. The molecule has 1 amide bonds. The number of pyridine rings is 1. The molecule has 0 bridgehead atoms. The third kappa shape index (κ3) is 6.59. The first-order chi connectivity index (χ1) is 20.9. The van der Waals surface area contributed by atoms with Crippen LogP contribution in [-0.2, 0) is 22.7 Å². The van der Waals surface area contributed by atoms with Crippen molar-refractivity contribution in [2.75, 3.05) is 32.8 Å². The zero-order chi connectivity index (χ0) is 29.8. The number of piperazine rings is 1. The summed E-state index contributed by atoms with van der Waals surface area (Å²) in [5.41, 5.74) is 6.38. The lowest BCUT2D eigenvalue weighted by Gasteiger charge is -2.34. The van der Waals surface area contributed by atoms with Crippen molar-refractivity contribution in [2.24, 2.45) is 0 Å². The van der Waals surface area contributed by atoms with Crippen LogP contribution in [0.3, 0.4) is 0 Å². The number of carbonyl (C=O) groups is 1. The minimum Gasteiger partial charge on any atom is -0.367 e. The number of nitro benzene ring substituents is 1. The maximum absolute atomic E-state index is 12.8. The second-order valence-corrected chi connectivity index (χ2v) is 10.9. The van der Waals surface area contributed by atoms with Gasteiger partial charge in [-0.15, -0.1) is 0 Å². The highest BCUT2D eigenvalue weighted by Gasteiger charge is 2.24. The summed E-state index contributed by atoms with van der Waals surface area (Å²) in [5.74, 6) is -0.0110. The number of aromatic nitrogens is 2. The standard InChI is InChI=1S/C33H30ClN5O4/c34-28-8-4-7-26(19-28)27-11-14-31-35-33(25-9-12-29(13-10-25)39(41)42)30(38(31)20-27)21-36-15-17-37(18-16-36)32(40)23-43-22-24-5-2-1-3-6-24/h1-14,19-20H,15-18,21-23H2. The number of hydrogen-bond donors (Lipinski definition) is 0. The van der Waals surface area contributed by atoms with Crippen LogP contribution in [0.5, 0.6) is 0 Å². The molecule has 1 saturated heterocycles. The molecule has 0 radical (unpaired) electrons. The Labute approximate surface area is 254 Å². The van der Waals surface area contributed by atoms with Crippen molar-refractivity contribution >= 4 is 28.8 Å². The molecule has 43 heavy (non-hydrogen) atoms. The number of carbonyl (C=O) groups excluding carboxylic acids is 1. The van der Waals surface area contributed by atoms with Crippen molar-refractivity contribution in [3.05, 3.63) is 124 Å². The minimum atomic E-state index is -0.404. The van der Waals surface area contributed by atoms with Gasteiger partial charge in [-0.2, -0.15) is 0 Å². The second-order valence-electron chi connectivity index (χ2n) is 10.5. The number of hydrogen-bond acceptors (Lipinski definition) is 6. The molecule has 1 aliphatic heterocycles. The van der Waals surface area contributed by atoms with E-state index in [1.165, 1.54) is 12.1 Å². The Hall–Kier alpha value is -4.57. The van der Waals surface area contributed by atoms with Crippen molar-refractivity contribution < 1.29 is 14.5 Å². The van der Waals surface area contributed by atoms with Crippen molar-refractivity contribution in [3.8, 4) is 22.4 Å². The third-order valence-electron chi connectivity index (χ3n) is 7.66. The molecule has 0 saturated carbocycles. The van der Waals surface area contributed by atoms with Crippen molar-refractivity contribution in [2.45, 2.75) is 13.2 Å². The Morgan fingerprint density at radius 1 is 0.884 bits per heavy atom. The second kappa shape index (κ2) is 12.7. The van der Waals surface area contributed by atoms with Gasteiger partial charge < -0.3 is 14.0 Å². The van der Waals surface area contributed by atoms with Gasteiger partial charge >= 0.3 is 0 Å². The van der Waals surface area contributed by atoms with Gasteiger partial charge in [0.1, 0.15) is 12.3 Å². The van der Waals surface area contributed by atoms with Crippen molar-refractivity contribution in [1.82, 2.24) is 19.2 Å². The maximum atomic E-state index is 12.8. The highest BCUT2D eigenvalue weighted by Crippen LogP contribution is 2.30. The summed E-state index contributed by atoms with van der Waals surface area (Å²) in [6.07, 6.45) is 2.06. The largest absolute Gasteiger partial charge is 0.367 e. The van der Waals surface area contributed by atoms with E-state index in [9.17, 15) is 14.9 Å². The summed E-state index contributed by atoms with van der Waals surface area (Å²) in [7, 11) is 0. The quantitative estimate of drug-likeness (QED) is 0.151. The fourth-order valence-corrected chi connectivity index (χ4v) is 5.53. The number of fused-ring (bicyclic) bond motifs is 1. The van der Waals surface area contributed by atoms with Crippen LogP contribution in [0.2, 0.25) is 5.02 Å². The maximum Gasteiger partial charge on any atom is 0.269 e. The summed E-state index contributed by atoms with van der Waals surface area (Å²) in [4.78, 5) is 32.7. The number of non-ortho nitro benzene ring substituents is 1. The van der Waals surface area contributed by atoms with Crippen LogP contribution < -0.4 is 0 Å². The van der Waals surface area contributed by atoms with Crippen LogP contribution in [0.1, 0.15) is 11.3 Å². The van der Waals surface area contributed by atoms with Crippen LogP contribution in [0, 0.1) is 10.1 Å². The van der Waals surface area contributed by atoms with E-state index in [0.717, 1.165) is 39.3 Å². The smallest absolute Gasteiger partial charge is 0.269 e. The molecule has 0 atom stereocenters. The van der Waals surface area contributed by atoms with Gasteiger partial charge in [-0.05, 0) is 53.1 Å². The predicted octanol–water partition coefficient (Wildman–Crippen LogP) is 6.09. The molecule has 3 aromatic carbocycles. The van der Waals surface area contributed by atoms with E-state index >= 15 is 0 Å². The van der Waals surface area contributed by atoms with Crippen LogP contribution in [0.4, 0.5) is 5.69 Å². The summed E-state index contributed by atoms with van der Waals surface area (Å²) in [5, 5.41) is 11.9. The van der Waals surface area contributed by atoms with Gasteiger partial charge in [0, 0.05) is 61.6 Å². The molecular formula is C33H30ClN5O4. The Morgan fingerprint density at radius 2 is 1.63 bits per heavy atom. The number of rotatable bonds is 9. The van der Waals surface area contributed by atoms with Gasteiger partial charge in [-0.25, -0.2) is 4.98 Å². The predicted molar refractivity (Wildman–Crippen MR) is 166 cm³/mol. The Kier molecular flexibility index (Phi) is 8.46. The first kappa shape index (κ1) is 28.5. The number of halogens is 1. The molecule has 0 N–H and O–H groups in total. The fraction of sp³-hybridized carbons (Fsp3) is 0.212. The Morgan fingerprint density at radius 3 is 2.35 bits per heavy atom. The topological polar surface area (TPSA) is 93.2 Å². The van der Waals surface area contributed by atoms with E-state index in [2.05, 4.69) is 15.5 Å². The SMILES string of the molecule is O=C(COCc1ccccc1)N1CCN(Cc2c(-c3ccc([N+](=O)[O-])cc3)nc3ccc(-c4cccc(Cl)c4)cn23)CC1. The molecule has 6 rings (SSSR count). The molecule has 1 fully saturated rings. The molecule has 9 nitrogen and oxygen atoms in total. The van der Waals surface area contributed by atoms with Crippen molar-refractivity contribution in [3.63, 3.8) is 0 Å². The van der Waals surface area contributed by atoms with Crippen LogP contribution in [-0.4, -0.2) is 62.8 Å². The highest BCUT2D eigenvalue weighted by molar-refractivity contribution is 6.30. The van der Waals surface area contributed by atoms with Gasteiger partial charge in [-0.3, -0.25) is 19.8 Å². The third-order valence-corrected chi connectivity index (χ3v) is 7.90. The minimum absolute atomic E-state index is 0.0110. The van der Waals surface area contributed by atoms with Crippen LogP contribution >= 0.6 is 11.6 Å². The van der Waals surface area contributed by atoms with Crippen molar-refractivity contribution in [1.29, 1.82) is 0 Å². The van der Waals surface area contributed by atoms with Gasteiger partial charge in [0.05, 0.1) is 22.9 Å². The van der Waals surface area contributed by atoms with E-state index in [1.807, 2.05) is 71.6 Å². The molecule has 0 unspecified atom stereocenters. The summed E-state index contributed by atoms with van der Waals surface area (Å²) in [6, 6.07) is 28.0. The van der Waals surface area contributed by atoms with Gasteiger partial charge in [-0.1, -0.05) is 54.1 Å². The fourth-order valence-electron chi connectivity index (χ4n) is 5.34. The van der Waals surface area contributed by atoms with E-state index in [1.54, 1.807) is 12.1 Å².